The van der Waals surface area contributed by atoms with Crippen molar-refractivity contribution >= 4 is 28.6 Å². The van der Waals surface area contributed by atoms with E-state index < -0.39 is 0 Å². The maximum absolute atomic E-state index is 9.34. The Hall–Kier alpha value is -2.65. The molecule has 26 heavy (non-hydrogen) atoms. The van der Waals surface area contributed by atoms with Crippen LogP contribution in [0.15, 0.2) is 24.5 Å². The first-order chi connectivity index (χ1) is 12.7. The summed E-state index contributed by atoms with van der Waals surface area (Å²) in [6.45, 7) is 0.816. The summed E-state index contributed by atoms with van der Waals surface area (Å²) >= 11 is 6.12. The van der Waals surface area contributed by atoms with E-state index in [0.29, 0.717) is 33.8 Å². The highest BCUT2D eigenvalue weighted by molar-refractivity contribution is 6.30. The number of rotatable bonds is 3. The zero-order chi connectivity index (χ0) is 18.1. The number of nitrogen functional groups attached to an aromatic ring is 1. The van der Waals surface area contributed by atoms with Gasteiger partial charge in [-0.05, 0) is 24.8 Å². The fourth-order valence-corrected chi connectivity index (χ4v) is 3.96. The molecule has 3 aromatic heterocycles. The van der Waals surface area contributed by atoms with Crippen LogP contribution in [0.1, 0.15) is 37.8 Å². The first-order valence-electron chi connectivity index (χ1n) is 8.83. The van der Waals surface area contributed by atoms with Gasteiger partial charge >= 0.3 is 0 Å². The van der Waals surface area contributed by atoms with Gasteiger partial charge in [0, 0.05) is 30.6 Å². The zero-order valence-electron chi connectivity index (χ0n) is 14.3. The van der Waals surface area contributed by atoms with Gasteiger partial charge in [0.05, 0.1) is 21.7 Å². The Balaban J connectivity index is 1.89. The van der Waals surface area contributed by atoms with E-state index in [1.165, 1.54) is 32.1 Å². The molecule has 3 aromatic rings. The molecule has 4 rings (SSSR count). The van der Waals surface area contributed by atoms with E-state index in [2.05, 4.69) is 21.0 Å². The minimum absolute atomic E-state index is 0.301. The molecule has 0 aromatic carbocycles. The molecular formula is C19H19ClN6. The third-order valence-electron chi connectivity index (χ3n) is 5.01. The van der Waals surface area contributed by atoms with Crippen molar-refractivity contribution in [1.29, 1.82) is 5.26 Å². The quantitative estimate of drug-likeness (QED) is 0.750. The molecule has 3 heterocycles. The predicted molar refractivity (Wildman–Crippen MR) is 101 cm³/mol. The van der Waals surface area contributed by atoms with Crippen LogP contribution in [0, 0.1) is 17.2 Å². The number of nitriles is 1. The van der Waals surface area contributed by atoms with Crippen molar-refractivity contribution in [2.75, 3.05) is 5.73 Å². The maximum atomic E-state index is 9.34. The van der Waals surface area contributed by atoms with Gasteiger partial charge in [-0.15, -0.1) is 0 Å². The van der Waals surface area contributed by atoms with E-state index in [1.54, 1.807) is 24.5 Å². The molecule has 0 radical (unpaired) electrons. The fourth-order valence-electron chi connectivity index (χ4n) is 3.79. The standard InChI is InChI=1S/C19H19ClN6/c20-14-6-13(9-23-10-14)17-18-16(7-15(8-21)24-17)25-19(22)26(18)11-12-4-2-1-3-5-12/h6-7,9-10,12H,1-5,11H2,(H2,22,25). The normalized spacial score (nSPS) is 15.2. The van der Waals surface area contributed by atoms with Gasteiger partial charge in [-0.2, -0.15) is 5.26 Å². The number of fused-ring (bicyclic) bond motifs is 1. The number of imidazole rings is 1. The van der Waals surface area contributed by atoms with Crippen molar-refractivity contribution < 1.29 is 0 Å². The third kappa shape index (κ3) is 3.11. The SMILES string of the molecule is N#Cc1cc2nc(N)n(CC3CCCCC3)c2c(-c2cncc(Cl)c2)n1. The number of nitrogens with two attached hydrogens (primary N) is 1. The van der Waals surface area contributed by atoms with E-state index in [-0.39, 0.29) is 0 Å². The van der Waals surface area contributed by atoms with Crippen LogP contribution in [0.2, 0.25) is 5.02 Å². The van der Waals surface area contributed by atoms with E-state index in [9.17, 15) is 5.26 Å². The fraction of sp³-hybridized carbons (Fsp3) is 0.368. The highest BCUT2D eigenvalue weighted by atomic mass is 35.5. The summed E-state index contributed by atoms with van der Waals surface area (Å²) in [5.41, 5.74) is 9.46. The van der Waals surface area contributed by atoms with Gasteiger partial charge in [0.2, 0.25) is 5.95 Å². The summed E-state index contributed by atoms with van der Waals surface area (Å²) in [4.78, 5) is 13.2. The van der Waals surface area contributed by atoms with Gasteiger partial charge in [-0.25, -0.2) is 9.97 Å². The van der Waals surface area contributed by atoms with Crippen LogP contribution in [0.4, 0.5) is 5.95 Å². The molecule has 0 saturated heterocycles. The van der Waals surface area contributed by atoms with E-state index >= 15 is 0 Å². The number of pyridine rings is 2. The van der Waals surface area contributed by atoms with Crippen molar-refractivity contribution in [1.82, 2.24) is 19.5 Å². The summed E-state index contributed by atoms with van der Waals surface area (Å²) in [5, 5.41) is 9.86. The van der Waals surface area contributed by atoms with Crippen LogP contribution in [0.5, 0.6) is 0 Å². The van der Waals surface area contributed by atoms with Gasteiger partial charge in [-0.1, -0.05) is 30.9 Å². The summed E-state index contributed by atoms with van der Waals surface area (Å²) in [6, 6.07) is 5.58. The van der Waals surface area contributed by atoms with Gasteiger partial charge in [-0.3, -0.25) is 4.98 Å². The molecular weight excluding hydrogens is 348 g/mol. The second-order valence-corrected chi connectivity index (χ2v) is 7.25. The molecule has 1 saturated carbocycles. The molecule has 0 amide bonds. The Morgan fingerprint density at radius 3 is 2.73 bits per heavy atom. The number of aromatic nitrogens is 4. The Labute approximate surface area is 156 Å². The lowest BCUT2D eigenvalue weighted by Gasteiger charge is -2.23. The minimum Gasteiger partial charge on any atom is -0.369 e. The molecule has 1 aliphatic rings. The molecule has 6 nitrogen and oxygen atoms in total. The highest BCUT2D eigenvalue weighted by Gasteiger charge is 2.21. The van der Waals surface area contributed by atoms with E-state index in [0.717, 1.165) is 17.6 Å². The topological polar surface area (TPSA) is 93.4 Å². The van der Waals surface area contributed by atoms with Crippen molar-refractivity contribution in [3.05, 3.63) is 35.2 Å². The predicted octanol–water partition coefficient (Wildman–Crippen LogP) is 4.18. The molecule has 0 atom stereocenters. The average Bonchev–Trinajstić information content (AvgIpc) is 2.97. The smallest absolute Gasteiger partial charge is 0.201 e. The highest BCUT2D eigenvalue weighted by Crippen LogP contribution is 2.33. The first-order valence-corrected chi connectivity index (χ1v) is 9.21. The summed E-state index contributed by atoms with van der Waals surface area (Å²) in [5.74, 6) is 1.04. The second-order valence-electron chi connectivity index (χ2n) is 6.81. The molecule has 1 aliphatic carbocycles. The Bertz CT molecular complexity index is 997. The average molecular weight is 367 g/mol. The number of halogens is 1. The van der Waals surface area contributed by atoms with Crippen molar-refractivity contribution in [3.63, 3.8) is 0 Å². The summed E-state index contributed by atoms with van der Waals surface area (Å²) < 4.78 is 2.04. The second kappa shape index (κ2) is 6.93. The van der Waals surface area contributed by atoms with Gasteiger partial charge in [0.15, 0.2) is 0 Å². The molecule has 1 fully saturated rings. The third-order valence-corrected chi connectivity index (χ3v) is 5.22. The van der Waals surface area contributed by atoms with Gasteiger partial charge < -0.3 is 10.3 Å². The van der Waals surface area contributed by atoms with Crippen LogP contribution >= 0.6 is 11.6 Å². The van der Waals surface area contributed by atoms with Crippen LogP contribution in [-0.4, -0.2) is 19.5 Å². The number of nitrogens with zero attached hydrogens (tertiary/aromatic N) is 5. The first kappa shape index (κ1) is 16.8. The maximum Gasteiger partial charge on any atom is 0.201 e. The lowest BCUT2D eigenvalue weighted by molar-refractivity contribution is 0.323. The van der Waals surface area contributed by atoms with Crippen LogP contribution in [-0.2, 0) is 6.54 Å². The minimum atomic E-state index is 0.301. The Morgan fingerprint density at radius 2 is 2.00 bits per heavy atom. The molecule has 132 valence electrons. The number of anilines is 1. The molecule has 0 spiro atoms. The van der Waals surface area contributed by atoms with E-state index in [1.807, 2.05) is 4.57 Å². The van der Waals surface area contributed by atoms with Crippen LogP contribution in [0.25, 0.3) is 22.3 Å². The molecule has 7 heteroatoms. The zero-order valence-corrected chi connectivity index (χ0v) is 15.1. The van der Waals surface area contributed by atoms with Gasteiger partial charge in [0.25, 0.3) is 0 Å². The van der Waals surface area contributed by atoms with Crippen molar-refractivity contribution in [2.45, 2.75) is 38.6 Å². The number of hydrogen-bond acceptors (Lipinski definition) is 5. The molecule has 0 unspecified atom stereocenters. The largest absolute Gasteiger partial charge is 0.369 e. The van der Waals surface area contributed by atoms with Crippen LogP contribution < -0.4 is 5.73 Å². The van der Waals surface area contributed by atoms with Gasteiger partial charge in [0.1, 0.15) is 11.8 Å². The molecule has 0 bridgehead atoms. The summed E-state index contributed by atoms with van der Waals surface area (Å²) in [6.07, 6.45) is 9.52. The summed E-state index contributed by atoms with van der Waals surface area (Å²) in [7, 11) is 0. The Morgan fingerprint density at radius 1 is 1.19 bits per heavy atom. The lowest BCUT2D eigenvalue weighted by atomic mass is 9.89. The van der Waals surface area contributed by atoms with Crippen molar-refractivity contribution in [2.24, 2.45) is 5.92 Å². The van der Waals surface area contributed by atoms with Crippen LogP contribution in [0.3, 0.4) is 0 Å². The van der Waals surface area contributed by atoms with E-state index in [4.69, 9.17) is 17.3 Å². The van der Waals surface area contributed by atoms with Crippen molar-refractivity contribution in [3.8, 4) is 17.3 Å². The number of hydrogen-bond donors (Lipinski definition) is 1. The molecule has 2 N–H and O–H groups in total. The monoisotopic (exact) mass is 366 g/mol. The Kier molecular flexibility index (Phi) is 4.48. The lowest BCUT2D eigenvalue weighted by Crippen LogP contribution is -2.16. The molecule has 0 aliphatic heterocycles.